The summed E-state index contributed by atoms with van der Waals surface area (Å²) in [5.74, 6) is -0.281. The van der Waals surface area contributed by atoms with Crippen LogP contribution in [-0.4, -0.2) is 4.98 Å². The van der Waals surface area contributed by atoms with E-state index in [0.717, 1.165) is 5.01 Å². The first-order valence-electron chi connectivity index (χ1n) is 5.24. The fourth-order valence-electron chi connectivity index (χ4n) is 1.49. The van der Waals surface area contributed by atoms with Crippen molar-refractivity contribution in [2.45, 2.75) is 19.5 Å². The van der Waals surface area contributed by atoms with Crippen LogP contribution in [0.5, 0.6) is 0 Å². The Morgan fingerprint density at radius 1 is 1.53 bits per heavy atom. The molecule has 2 aromatic rings. The Kier molecular flexibility index (Phi) is 4.10. The number of rotatable bonds is 4. The van der Waals surface area contributed by atoms with Gasteiger partial charge in [0.2, 0.25) is 0 Å². The highest BCUT2D eigenvalue weighted by Crippen LogP contribution is 2.21. The third kappa shape index (κ3) is 3.03. The van der Waals surface area contributed by atoms with Gasteiger partial charge in [0, 0.05) is 28.7 Å². The van der Waals surface area contributed by atoms with Crippen LogP contribution in [0.15, 0.2) is 29.8 Å². The lowest BCUT2D eigenvalue weighted by Gasteiger charge is -2.12. The van der Waals surface area contributed by atoms with Crippen molar-refractivity contribution in [3.63, 3.8) is 0 Å². The quantitative estimate of drug-likeness (QED) is 0.914. The van der Waals surface area contributed by atoms with Gasteiger partial charge in [-0.25, -0.2) is 9.37 Å². The van der Waals surface area contributed by atoms with E-state index in [4.69, 9.17) is 11.6 Å². The van der Waals surface area contributed by atoms with E-state index in [9.17, 15) is 4.39 Å². The Bertz CT molecular complexity index is 467. The molecule has 0 fully saturated rings. The monoisotopic (exact) mass is 270 g/mol. The Morgan fingerprint density at radius 3 is 3.00 bits per heavy atom. The van der Waals surface area contributed by atoms with E-state index in [0.29, 0.717) is 17.1 Å². The highest BCUT2D eigenvalue weighted by molar-refractivity contribution is 7.09. The molecule has 90 valence electrons. The molecule has 0 saturated carbocycles. The summed E-state index contributed by atoms with van der Waals surface area (Å²) in [7, 11) is 0. The molecule has 1 heterocycles. The molecule has 2 rings (SSSR count). The molecule has 0 radical (unpaired) electrons. The predicted octanol–water partition coefficient (Wildman–Crippen LogP) is 3.79. The van der Waals surface area contributed by atoms with Crippen LogP contribution < -0.4 is 5.32 Å². The largest absolute Gasteiger partial charge is 0.304 e. The van der Waals surface area contributed by atoms with Crippen molar-refractivity contribution in [2.75, 3.05) is 0 Å². The normalized spacial score (nSPS) is 12.6. The third-order valence-electron chi connectivity index (χ3n) is 2.47. The molecule has 0 aliphatic carbocycles. The average molecular weight is 271 g/mol. The smallest absolute Gasteiger partial charge is 0.129 e. The van der Waals surface area contributed by atoms with Crippen LogP contribution in [0.2, 0.25) is 5.02 Å². The van der Waals surface area contributed by atoms with Crippen molar-refractivity contribution in [2.24, 2.45) is 0 Å². The number of thiazole rings is 1. The molecule has 1 atom stereocenters. The predicted molar refractivity (Wildman–Crippen MR) is 68.8 cm³/mol. The van der Waals surface area contributed by atoms with Crippen molar-refractivity contribution in [3.8, 4) is 0 Å². The fourth-order valence-corrected chi connectivity index (χ4v) is 2.39. The maximum absolute atomic E-state index is 13.5. The molecule has 0 aliphatic heterocycles. The Labute approximate surface area is 108 Å². The summed E-state index contributed by atoms with van der Waals surface area (Å²) >= 11 is 7.52. The summed E-state index contributed by atoms with van der Waals surface area (Å²) in [5.41, 5.74) is 0.498. The van der Waals surface area contributed by atoms with Gasteiger partial charge in [0.1, 0.15) is 10.8 Å². The maximum Gasteiger partial charge on any atom is 0.129 e. The van der Waals surface area contributed by atoms with Crippen LogP contribution in [-0.2, 0) is 6.54 Å². The molecule has 0 amide bonds. The zero-order chi connectivity index (χ0) is 12.3. The van der Waals surface area contributed by atoms with Gasteiger partial charge in [0.05, 0.1) is 6.04 Å². The van der Waals surface area contributed by atoms with E-state index in [2.05, 4.69) is 10.3 Å². The molecule has 1 unspecified atom stereocenters. The summed E-state index contributed by atoms with van der Waals surface area (Å²) < 4.78 is 13.5. The van der Waals surface area contributed by atoms with E-state index < -0.39 is 0 Å². The average Bonchev–Trinajstić information content (AvgIpc) is 2.81. The van der Waals surface area contributed by atoms with E-state index in [1.54, 1.807) is 29.7 Å². The SMILES string of the molecule is CC(NCc1c(F)cccc1Cl)c1nccs1. The summed E-state index contributed by atoms with van der Waals surface area (Å²) in [5, 5.41) is 6.56. The van der Waals surface area contributed by atoms with E-state index in [-0.39, 0.29) is 11.9 Å². The highest BCUT2D eigenvalue weighted by atomic mass is 35.5. The molecule has 1 N–H and O–H groups in total. The number of hydrogen-bond acceptors (Lipinski definition) is 3. The number of hydrogen-bond donors (Lipinski definition) is 1. The maximum atomic E-state index is 13.5. The molecule has 0 aliphatic rings. The second-order valence-corrected chi connectivity index (χ2v) is 5.01. The zero-order valence-electron chi connectivity index (χ0n) is 9.28. The second kappa shape index (κ2) is 5.58. The lowest BCUT2D eigenvalue weighted by Crippen LogP contribution is -2.18. The number of nitrogens with zero attached hydrogens (tertiary/aromatic N) is 1. The van der Waals surface area contributed by atoms with Crippen LogP contribution in [0.25, 0.3) is 0 Å². The van der Waals surface area contributed by atoms with Crippen LogP contribution in [0.3, 0.4) is 0 Å². The zero-order valence-corrected chi connectivity index (χ0v) is 10.9. The summed E-state index contributed by atoms with van der Waals surface area (Å²) in [6.45, 7) is 2.39. The fraction of sp³-hybridized carbons (Fsp3) is 0.250. The van der Waals surface area contributed by atoms with Crippen LogP contribution in [0.4, 0.5) is 4.39 Å². The molecule has 5 heteroatoms. The molecule has 1 aromatic heterocycles. The number of nitrogens with one attached hydrogen (secondary N) is 1. The van der Waals surface area contributed by atoms with Gasteiger partial charge in [-0.1, -0.05) is 17.7 Å². The molecular formula is C12H12ClFN2S. The van der Waals surface area contributed by atoms with Gasteiger partial charge >= 0.3 is 0 Å². The van der Waals surface area contributed by atoms with Gasteiger partial charge in [-0.2, -0.15) is 0 Å². The molecule has 1 aromatic carbocycles. The molecule has 0 saturated heterocycles. The van der Waals surface area contributed by atoms with Crippen molar-refractivity contribution in [1.29, 1.82) is 0 Å². The molecule has 2 nitrogen and oxygen atoms in total. The minimum Gasteiger partial charge on any atom is -0.304 e. The van der Waals surface area contributed by atoms with Crippen LogP contribution in [0.1, 0.15) is 23.5 Å². The Morgan fingerprint density at radius 2 is 2.35 bits per heavy atom. The summed E-state index contributed by atoms with van der Waals surface area (Å²) in [6.07, 6.45) is 1.76. The van der Waals surface area contributed by atoms with Gasteiger partial charge in [-0.05, 0) is 19.1 Å². The minimum atomic E-state index is -0.281. The van der Waals surface area contributed by atoms with Gasteiger partial charge in [0.25, 0.3) is 0 Å². The first kappa shape index (κ1) is 12.5. The molecular weight excluding hydrogens is 259 g/mol. The Balaban J connectivity index is 2.03. The molecule has 0 bridgehead atoms. The van der Waals surface area contributed by atoms with Crippen molar-refractivity contribution in [1.82, 2.24) is 10.3 Å². The lowest BCUT2D eigenvalue weighted by molar-refractivity contribution is 0.543. The third-order valence-corrected chi connectivity index (χ3v) is 3.78. The number of benzene rings is 1. The van der Waals surface area contributed by atoms with Gasteiger partial charge in [-0.3, -0.25) is 0 Å². The molecule has 17 heavy (non-hydrogen) atoms. The van der Waals surface area contributed by atoms with E-state index in [1.165, 1.54) is 6.07 Å². The van der Waals surface area contributed by atoms with E-state index >= 15 is 0 Å². The lowest BCUT2D eigenvalue weighted by atomic mass is 10.2. The van der Waals surface area contributed by atoms with Crippen molar-refractivity contribution in [3.05, 3.63) is 51.2 Å². The van der Waals surface area contributed by atoms with Crippen molar-refractivity contribution < 1.29 is 4.39 Å². The summed E-state index contributed by atoms with van der Waals surface area (Å²) in [4.78, 5) is 4.20. The van der Waals surface area contributed by atoms with Gasteiger partial charge in [0.15, 0.2) is 0 Å². The minimum absolute atomic E-state index is 0.0886. The van der Waals surface area contributed by atoms with Crippen LogP contribution >= 0.6 is 22.9 Å². The van der Waals surface area contributed by atoms with E-state index in [1.807, 2.05) is 12.3 Å². The first-order valence-corrected chi connectivity index (χ1v) is 6.50. The van der Waals surface area contributed by atoms with Gasteiger partial charge in [-0.15, -0.1) is 11.3 Å². The standard InChI is InChI=1S/C12H12ClFN2S/c1-8(12-15-5-6-17-12)16-7-9-10(13)3-2-4-11(9)14/h2-6,8,16H,7H2,1H3. The second-order valence-electron chi connectivity index (χ2n) is 3.67. The van der Waals surface area contributed by atoms with Crippen molar-refractivity contribution >= 4 is 22.9 Å². The summed E-state index contributed by atoms with van der Waals surface area (Å²) in [6, 6.07) is 4.80. The first-order chi connectivity index (χ1) is 8.18. The number of halogens is 2. The topological polar surface area (TPSA) is 24.9 Å². The molecule has 0 spiro atoms. The van der Waals surface area contributed by atoms with Crippen LogP contribution in [0, 0.1) is 5.82 Å². The Hall–Kier alpha value is -0.970. The van der Waals surface area contributed by atoms with Gasteiger partial charge < -0.3 is 5.32 Å². The highest BCUT2D eigenvalue weighted by Gasteiger charge is 2.11. The number of aromatic nitrogens is 1.